The van der Waals surface area contributed by atoms with E-state index in [4.69, 9.17) is 17.3 Å². The summed E-state index contributed by atoms with van der Waals surface area (Å²) in [5, 5.41) is 14.6. The van der Waals surface area contributed by atoms with Crippen molar-refractivity contribution in [1.29, 1.82) is 0 Å². The summed E-state index contributed by atoms with van der Waals surface area (Å²) >= 11 is 8.42. The molecule has 0 atom stereocenters. The molecule has 0 aromatic heterocycles. The molecule has 7 heteroatoms. The van der Waals surface area contributed by atoms with Crippen molar-refractivity contribution in [2.45, 2.75) is 6.92 Å². The molecule has 0 bridgehead atoms. The topological polar surface area (TPSA) is 78.4 Å². The number of hydrogen-bond donors (Lipinski definition) is 3. The first-order chi connectivity index (χ1) is 10.9. The summed E-state index contributed by atoms with van der Waals surface area (Å²) in [7, 11) is 0. The number of benzene rings is 2. The van der Waals surface area contributed by atoms with E-state index < -0.39 is 5.97 Å². The molecule has 0 saturated heterocycles. The second-order valence-electron chi connectivity index (χ2n) is 4.67. The van der Waals surface area contributed by atoms with Gasteiger partial charge in [-0.15, -0.1) is 0 Å². The lowest BCUT2D eigenvalue weighted by Gasteiger charge is -2.13. The fourth-order valence-electron chi connectivity index (χ4n) is 1.97. The van der Waals surface area contributed by atoms with E-state index in [2.05, 4.69) is 26.6 Å². The number of anilines is 1. The molecule has 0 saturated carbocycles. The molecule has 0 aliphatic heterocycles. The number of rotatable bonds is 3. The van der Waals surface area contributed by atoms with Crippen molar-refractivity contribution in [3.63, 3.8) is 0 Å². The van der Waals surface area contributed by atoms with Crippen LogP contribution in [0.4, 0.5) is 5.69 Å². The molecule has 118 valence electrons. The largest absolute Gasteiger partial charge is 0.478 e. The lowest BCUT2D eigenvalue weighted by atomic mass is 10.1. The van der Waals surface area contributed by atoms with Crippen molar-refractivity contribution in [3.8, 4) is 0 Å². The fraction of sp³-hybridized carbons (Fsp3) is 0.0625. The van der Waals surface area contributed by atoms with E-state index >= 15 is 0 Å². The summed E-state index contributed by atoms with van der Waals surface area (Å²) in [5.41, 5.74) is 1.70. The molecule has 1 amide bonds. The standard InChI is InChI=1S/C16H13BrN2O3S/c1-9-10(15(21)22)6-4-8-13(9)18-16(23)19-14(20)11-5-2-3-7-12(11)17/h2-8H,1H3,(H,21,22)(H2,18,19,20,23). The van der Waals surface area contributed by atoms with E-state index in [0.29, 0.717) is 21.3 Å². The molecule has 0 aliphatic carbocycles. The van der Waals surface area contributed by atoms with Crippen LogP contribution in [0.2, 0.25) is 0 Å². The van der Waals surface area contributed by atoms with Crippen LogP contribution in [0.15, 0.2) is 46.9 Å². The van der Waals surface area contributed by atoms with Crippen molar-refractivity contribution in [3.05, 3.63) is 63.6 Å². The number of aromatic carboxylic acids is 1. The molecule has 2 rings (SSSR count). The molecular formula is C16H13BrN2O3S. The van der Waals surface area contributed by atoms with Gasteiger partial charge in [0, 0.05) is 10.2 Å². The van der Waals surface area contributed by atoms with Gasteiger partial charge in [-0.05, 0) is 64.9 Å². The van der Waals surface area contributed by atoms with Gasteiger partial charge >= 0.3 is 5.97 Å². The fourth-order valence-corrected chi connectivity index (χ4v) is 2.64. The quantitative estimate of drug-likeness (QED) is 0.695. The van der Waals surface area contributed by atoms with Crippen LogP contribution >= 0.6 is 28.1 Å². The van der Waals surface area contributed by atoms with Gasteiger partial charge < -0.3 is 10.4 Å². The summed E-state index contributed by atoms with van der Waals surface area (Å²) in [5.74, 6) is -1.38. The smallest absolute Gasteiger partial charge is 0.336 e. The Labute approximate surface area is 146 Å². The number of carbonyl (C=O) groups is 2. The van der Waals surface area contributed by atoms with Crippen molar-refractivity contribution < 1.29 is 14.7 Å². The molecule has 0 fully saturated rings. The molecule has 0 spiro atoms. The van der Waals surface area contributed by atoms with Crippen LogP contribution in [0.1, 0.15) is 26.3 Å². The minimum Gasteiger partial charge on any atom is -0.478 e. The molecule has 3 N–H and O–H groups in total. The third kappa shape index (κ3) is 4.14. The number of carbonyl (C=O) groups excluding carboxylic acids is 1. The maximum atomic E-state index is 12.2. The Morgan fingerprint density at radius 1 is 1.09 bits per heavy atom. The molecule has 0 radical (unpaired) electrons. The first-order valence-electron chi connectivity index (χ1n) is 6.60. The predicted molar refractivity (Wildman–Crippen MR) is 96.0 cm³/mol. The number of carboxylic acid groups (broad SMARTS) is 1. The molecule has 23 heavy (non-hydrogen) atoms. The van der Waals surface area contributed by atoms with Gasteiger partial charge in [0.1, 0.15) is 0 Å². The Balaban J connectivity index is 2.12. The van der Waals surface area contributed by atoms with Gasteiger partial charge in [0.2, 0.25) is 0 Å². The van der Waals surface area contributed by atoms with E-state index in [1.165, 1.54) is 6.07 Å². The van der Waals surface area contributed by atoms with E-state index in [9.17, 15) is 9.59 Å². The summed E-state index contributed by atoms with van der Waals surface area (Å²) in [6.45, 7) is 1.67. The third-order valence-electron chi connectivity index (χ3n) is 3.16. The Morgan fingerprint density at radius 3 is 2.39 bits per heavy atom. The van der Waals surface area contributed by atoms with Crippen LogP contribution in [0.25, 0.3) is 0 Å². The van der Waals surface area contributed by atoms with Gasteiger partial charge in [0.25, 0.3) is 5.91 Å². The number of nitrogens with one attached hydrogen (secondary N) is 2. The summed E-state index contributed by atoms with van der Waals surface area (Å²) < 4.78 is 0.657. The Kier molecular flexibility index (Phi) is 5.46. The minimum atomic E-state index is -1.02. The van der Waals surface area contributed by atoms with Crippen LogP contribution in [-0.4, -0.2) is 22.1 Å². The number of amides is 1. The number of halogens is 1. The second kappa shape index (κ2) is 7.34. The van der Waals surface area contributed by atoms with Crippen LogP contribution < -0.4 is 10.6 Å². The molecule has 0 unspecified atom stereocenters. The van der Waals surface area contributed by atoms with Gasteiger partial charge in [-0.3, -0.25) is 10.1 Å². The van der Waals surface area contributed by atoms with Crippen molar-refractivity contribution in [1.82, 2.24) is 5.32 Å². The number of hydrogen-bond acceptors (Lipinski definition) is 3. The zero-order chi connectivity index (χ0) is 17.0. The van der Waals surface area contributed by atoms with Crippen LogP contribution in [0.5, 0.6) is 0 Å². The Hall–Kier alpha value is -2.25. The van der Waals surface area contributed by atoms with E-state index in [1.54, 1.807) is 43.3 Å². The third-order valence-corrected chi connectivity index (χ3v) is 4.05. The highest BCUT2D eigenvalue weighted by Gasteiger charge is 2.13. The monoisotopic (exact) mass is 392 g/mol. The van der Waals surface area contributed by atoms with E-state index in [-0.39, 0.29) is 16.6 Å². The van der Waals surface area contributed by atoms with Crippen molar-refractivity contribution in [2.24, 2.45) is 0 Å². The SMILES string of the molecule is Cc1c(NC(=S)NC(=O)c2ccccc2Br)cccc1C(=O)O. The minimum absolute atomic E-state index is 0.0939. The Bertz CT molecular complexity index is 793. The molecule has 2 aromatic rings. The van der Waals surface area contributed by atoms with Crippen LogP contribution in [0, 0.1) is 6.92 Å². The van der Waals surface area contributed by atoms with Gasteiger partial charge in [0.05, 0.1) is 11.1 Å². The number of thiocarbonyl (C=S) groups is 1. The zero-order valence-electron chi connectivity index (χ0n) is 12.1. The number of carboxylic acids is 1. The van der Waals surface area contributed by atoms with Crippen molar-refractivity contribution in [2.75, 3.05) is 5.32 Å². The Morgan fingerprint density at radius 2 is 1.74 bits per heavy atom. The van der Waals surface area contributed by atoms with Gasteiger partial charge in [-0.2, -0.15) is 0 Å². The molecule has 5 nitrogen and oxygen atoms in total. The second-order valence-corrected chi connectivity index (χ2v) is 5.93. The summed E-state index contributed by atoms with van der Waals surface area (Å²) in [6, 6.07) is 11.8. The summed E-state index contributed by atoms with van der Waals surface area (Å²) in [4.78, 5) is 23.3. The highest BCUT2D eigenvalue weighted by molar-refractivity contribution is 9.10. The van der Waals surface area contributed by atoms with Crippen LogP contribution in [0.3, 0.4) is 0 Å². The molecule has 2 aromatic carbocycles. The molecule has 0 heterocycles. The zero-order valence-corrected chi connectivity index (χ0v) is 14.5. The first-order valence-corrected chi connectivity index (χ1v) is 7.80. The highest BCUT2D eigenvalue weighted by Crippen LogP contribution is 2.19. The van der Waals surface area contributed by atoms with Crippen LogP contribution in [-0.2, 0) is 0 Å². The van der Waals surface area contributed by atoms with Crippen molar-refractivity contribution >= 4 is 50.8 Å². The lowest BCUT2D eigenvalue weighted by Crippen LogP contribution is -2.34. The van der Waals surface area contributed by atoms with Gasteiger partial charge in [-0.1, -0.05) is 18.2 Å². The van der Waals surface area contributed by atoms with E-state index in [1.807, 2.05) is 0 Å². The highest BCUT2D eigenvalue weighted by atomic mass is 79.9. The van der Waals surface area contributed by atoms with E-state index in [0.717, 1.165) is 0 Å². The molecular weight excluding hydrogens is 380 g/mol. The average Bonchev–Trinajstić information content (AvgIpc) is 2.49. The maximum absolute atomic E-state index is 12.2. The van der Waals surface area contributed by atoms with Gasteiger partial charge in [-0.25, -0.2) is 4.79 Å². The predicted octanol–water partition coefficient (Wildman–Crippen LogP) is 3.58. The summed E-state index contributed by atoms with van der Waals surface area (Å²) in [6.07, 6.45) is 0. The lowest BCUT2D eigenvalue weighted by molar-refractivity contribution is 0.0696. The van der Waals surface area contributed by atoms with Gasteiger partial charge in [0.15, 0.2) is 5.11 Å². The maximum Gasteiger partial charge on any atom is 0.336 e. The molecule has 0 aliphatic rings. The first kappa shape index (κ1) is 17.1. The average molecular weight is 393 g/mol. The normalized spacial score (nSPS) is 10.0.